The van der Waals surface area contributed by atoms with Gasteiger partial charge in [-0.25, -0.2) is 9.97 Å². The van der Waals surface area contributed by atoms with Crippen LogP contribution < -0.4 is 5.32 Å². The molecule has 1 rings (SSSR count). The van der Waals surface area contributed by atoms with Crippen molar-refractivity contribution in [3.63, 3.8) is 0 Å². The minimum atomic E-state index is -0.945. The Hall–Kier alpha value is -1.98. The molecule has 2 N–H and O–H groups in total. The van der Waals surface area contributed by atoms with Crippen LogP contribution in [0.1, 0.15) is 37.6 Å². The molecule has 0 bridgehead atoms. The lowest BCUT2D eigenvalue weighted by atomic mass is 9.84. The van der Waals surface area contributed by atoms with Crippen LogP contribution in [-0.2, 0) is 4.79 Å². The molecule has 0 aliphatic rings. The van der Waals surface area contributed by atoms with Gasteiger partial charge in [-0.1, -0.05) is 20.8 Å². The fourth-order valence-corrected chi connectivity index (χ4v) is 1.41. The van der Waals surface area contributed by atoms with E-state index in [1.54, 1.807) is 0 Å². The van der Waals surface area contributed by atoms with E-state index in [1.807, 2.05) is 20.8 Å². The summed E-state index contributed by atoms with van der Waals surface area (Å²) >= 11 is 0. The molecule has 0 fully saturated rings. The molecule has 0 spiro atoms. The van der Waals surface area contributed by atoms with E-state index in [9.17, 15) is 9.59 Å². The third kappa shape index (κ3) is 4.12. The van der Waals surface area contributed by atoms with Crippen LogP contribution in [0.3, 0.4) is 0 Å². The van der Waals surface area contributed by atoms with Crippen molar-refractivity contribution in [2.24, 2.45) is 5.41 Å². The summed E-state index contributed by atoms with van der Waals surface area (Å²) in [7, 11) is 0. The molecular formula is C12H17N3O3. The molecule has 1 heterocycles. The van der Waals surface area contributed by atoms with Crippen molar-refractivity contribution < 1.29 is 14.7 Å². The van der Waals surface area contributed by atoms with E-state index in [0.29, 0.717) is 5.56 Å². The van der Waals surface area contributed by atoms with Gasteiger partial charge in [0.15, 0.2) is 0 Å². The first-order valence-electron chi connectivity index (χ1n) is 5.58. The van der Waals surface area contributed by atoms with E-state index in [2.05, 4.69) is 15.3 Å². The number of aliphatic carboxylic acids is 1. The maximum Gasteiger partial charge on any atom is 0.305 e. The summed E-state index contributed by atoms with van der Waals surface area (Å²) in [5, 5.41) is 11.6. The largest absolute Gasteiger partial charge is 0.481 e. The summed E-state index contributed by atoms with van der Waals surface area (Å²) in [5.41, 5.74) is -0.0268. The van der Waals surface area contributed by atoms with Gasteiger partial charge in [0.2, 0.25) is 0 Å². The molecule has 1 amide bonds. The number of carboxylic acids is 1. The second kappa shape index (κ2) is 5.57. The number of carboxylic acid groups (broad SMARTS) is 1. The molecule has 1 atom stereocenters. The molecule has 18 heavy (non-hydrogen) atoms. The van der Waals surface area contributed by atoms with Gasteiger partial charge in [-0.05, 0) is 5.41 Å². The van der Waals surface area contributed by atoms with Gasteiger partial charge in [-0.15, -0.1) is 0 Å². The van der Waals surface area contributed by atoms with Crippen LogP contribution in [0.15, 0.2) is 18.7 Å². The molecule has 1 aromatic rings. The summed E-state index contributed by atoms with van der Waals surface area (Å²) in [4.78, 5) is 30.2. The molecule has 98 valence electrons. The Morgan fingerprint density at radius 2 is 1.89 bits per heavy atom. The Labute approximate surface area is 105 Å². The van der Waals surface area contributed by atoms with E-state index < -0.39 is 12.0 Å². The van der Waals surface area contributed by atoms with Gasteiger partial charge in [0.1, 0.15) is 6.33 Å². The zero-order chi connectivity index (χ0) is 13.8. The number of nitrogens with zero attached hydrogens (tertiary/aromatic N) is 2. The fraction of sp³-hybridized carbons (Fsp3) is 0.500. The highest BCUT2D eigenvalue weighted by Gasteiger charge is 2.28. The molecule has 0 aromatic carbocycles. The average molecular weight is 251 g/mol. The second-order valence-corrected chi connectivity index (χ2v) is 5.12. The van der Waals surface area contributed by atoms with Gasteiger partial charge < -0.3 is 10.4 Å². The first kappa shape index (κ1) is 14.1. The minimum absolute atomic E-state index is 0.122. The van der Waals surface area contributed by atoms with Gasteiger partial charge in [-0.3, -0.25) is 9.59 Å². The molecule has 1 aromatic heterocycles. The normalized spacial score (nSPS) is 12.8. The van der Waals surface area contributed by atoms with E-state index in [-0.39, 0.29) is 17.7 Å². The highest BCUT2D eigenvalue weighted by atomic mass is 16.4. The first-order valence-corrected chi connectivity index (χ1v) is 5.58. The summed E-state index contributed by atoms with van der Waals surface area (Å²) in [6, 6.07) is -0.456. The third-order valence-corrected chi connectivity index (χ3v) is 2.55. The van der Waals surface area contributed by atoms with Gasteiger partial charge in [0, 0.05) is 18.4 Å². The highest BCUT2D eigenvalue weighted by Crippen LogP contribution is 2.22. The van der Waals surface area contributed by atoms with Crippen molar-refractivity contribution in [2.45, 2.75) is 33.2 Å². The van der Waals surface area contributed by atoms with E-state index in [4.69, 9.17) is 5.11 Å². The molecule has 0 saturated heterocycles. The van der Waals surface area contributed by atoms with Crippen molar-refractivity contribution in [1.29, 1.82) is 0 Å². The van der Waals surface area contributed by atoms with Crippen molar-refractivity contribution >= 4 is 11.9 Å². The van der Waals surface area contributed by atoms with Gasteiger partial charge >= 0.3 is 5.97 Å². The van der Waals surface area contributed by atoms with Crippen LogP contribution in [0.2, 0.25) is 0 Å². The summed E-state index contributed by atoms with van der Waals surface area (Å²) < 4.78 is 0. The Kier molecular flexibility index (Phi) is 4.36. The highest BCUT2D eigenvalue weighted by molar-refractivity contribution is 5.94. The topological polar surface area (TPSA) is 92.2 Å². The molecular weight excluding hydrogens is 234 g/mol. The predicted octanol–water partition coefficient (Wildman–Crippen LogP) is 1.10. The molecule has 6 nitrogen and oxygen atoms in total. The SMILES string of the molecule is CC(C)(C)C(CC(=O)O)NC(=O)c1cncnc1. The van der Waals surface area contributed by atoms with Crippen LogP contribution >= 0.6 is 0 Å². The zero-order valence-corrected chi connectivity index (χ0v) is 10.7. The number of nitrogens with one attached hydrogen (secondary N) is 1. The smallest absolute Gasteiger partial charge is 0.305 e. The maximum absolute atomic E-state index is 11.9. The van der Waals surface area contributed by atoms with Gasteiger partial charge in [-0.2, -0.15) is 0 Å². The van der Waals surface area contributed by atoms with Crippen LogP contribution in [0, 0.1) is 5.41 Å². The van der Waals surface area contributed by atoms with Crippen LogP contribution in [0.25, 0.3) is 0 Å². The molecule has 0 aliphatic heterocycles. The van der Waals surface area contributed by atoms with Crippen molar-refractivity contribution in [3.8, 4) is 0 Å². The maximum atomic E-state index is 11.9. The van der Waals surface area contributed by atoms with E-state index in [0.717, 1.165) is 0 Å². The van der Waals surface area contributed by atoms with E-state index in [1.165, 1.54) is 18.7 Å². The second-order valence-electron chi connectivity index (χ2n) is 5.12. The number of hydrogen-bond donors (Lipinski definition) is 2. The van der Waals surface area contributed by atoms with Gasteiger partial charge in [0.25, 0.3) is 5.91 Å². The average Bonchev–Trinajstić information content (AvgIpc) is 2.27. The monoisotopic (exact) mass is 251 g/mol. The summed E-state index contributed by atoms with van der Waals surface area (Å²) in [6.45, 7) is 5.63. The lowest BCUT2D eigenvalue weighted by molar-refractivity contribution is -0.138. The third-order valence-electron chi connectivity index (χ3n) is 2.55. The summed E-state index contributed by atoms with van der Waals surface area (Å²) in [5.74, 6) is -1.31. The van der Waals surface area contributed by atoms with E-state index >= 15 is 0 Å². The van der Waals surface area contributed by atoms with Crippen molar-refractivity contribution in [1.82, 2.24) is 15.3 Å². The van der Waals surface area contributed by atoms with Crippen LogP contribution in [0.5, 0.6) is 0 Å². The molecule has 0 saturated carbocycles. The molecule has 6 heteroatoms. The van der Waals surface area contributed by atoms with Crippen molar-refractivity contribution in [3.05, 3.63) is 24.3 Å². The number of amides is 1. The number of rotatable bonds is 4. The number of carbonyl (C=O) groups excluding carboxylic acids is 1. The minimum Gasteiger partial charge on any atom is -0.481 e. The van der Waals surface area contributed by atoms with Crippen molar-refractivity contribution in [2.75, 3.05) is 0 Å². The molecule has 0 aliphatic carbocycles. The lowest BCUT2D eigenvalue weighted by Gasteiger charge is -2.30. The number of aromatic nitrogens is 2. The Morgan fingerprint density at radius 3 is 2.33 bits per heavy atom. The van der Waals surface area contributed by atoms with Crippen LogP contribution in [0.4, 0.5) is 0 Å². The predicted molar refractivity (Wildman–Crippen MR) is 65.0 cm³/mol. The fourth-order valence-electron chi connectivity index (χ4n) is 1.41. The summed E-state index contributed by atoms with van der Waals surface area (Å²) in [6.07, 6.45) is 3.99. The Balaban J connectivity index is 2.78. The first-order chi connectivity index (χ1) is 8.30. The number of hydrogen-bond acceptors (Lipinski definition) is 4. The van der Waals surface area contributed by atoms with Gasteiger partial charge in [0.05, 0.1) is 12.0 Å². The Bertz CT molecular complexity index is 426. The van der Waals surface area contributed by atoms with Crippen LogP contribution in [-0.4, -0.2) is 33.0 Å². The molecule has 0 radical (unpaired) electrons. The molecule has 1 unspecified atom stereocenters. The standard InChI is InChI=1S/C12H17N3O3/c1-12(2,3)9(4-10(16)17)15-11(18)8-5-13-7-14-6-8/h5-7,9H,4H2,1-3H3,(H,15,18)(H,16,17). The zero-order valence-electron chi connectivity index (χ0n) is 10.7. The number of carbonyl (C=O) groups is 2. The quantitative estimate of drug-likeness (QED) is 0.835. The Morgan fingerprint density at radius 1 is 1.33 bits per heavy atom. The lowest BCUT2D eigenvalue weighted by Crippen LogP contribution is -2.45.